The Labute approximate surface area is 123 Å². The lowest BCUT2D eigenvalue weighted by molar-refractivity contribution is -0.168. The SMILES string of the molecule is CC(=N)C(=O)OC(C)(C1CCCCC1)C1CCCCC1. The highest BCUT2D eigenvalue weighted by atomic mass is 16.6. The fourth-order valence-corrected chi connectivity index (χ4v) is 4.13. The Morgan fingerprint density at radius 3 is 1.70 bits per heavy atom. The molecule has 0 atom stereocenters. The Morgan fingerprint density at radius 1 is 0.950 bits per heavy atom. The van der Waals surface area contributed by atoms with Gasteiger partial charge < -0.3 is 4.74 Å². The summed E-state index contributed by atoms with van der Waals surface area (Å²) in [4.78, 5) is 12.0. The predicted molar refractivity (Wildman–Crippen MR) is 81.0 cm³/mol. The molecule has 0 heterocycles. The number of esters is 1. The molecule has 3 nitrogen and oxygen atoms in total. The van der Waals surface area contributed by atoms with E-state index in [1.54, 1.807) is 0 Å². The standard InChI is InChI=1S/C17H29NO2/c1-13(18)16(19)20-17(2,14-9-5-3-6-10-14)15-11-7-4-8-12-15/h14-15,18H,3-12H2,1-2H3. The molecular weight excluding hydrogens is 250 g/mol. The summed E-state index contributed by atoms with van der Waals surface area (Å²) < 4.78 is 5.91. The molecule has 0 bridgehead atoms. The van der Waals surface area contributed by atoms with Crippen LogP contribution in [-0.4, -0.2) is 17.3 Å². The van der Waals surface area contributed by atoms with E-state index in [0.717, 1.165) is 0 Å². The maximum Gasteiger partial charge on any atom is 0.352 e. The molecule has 114 valence electrons. The second-order valence-electron chi connectivity index (χ2n) is 6.87. The average Bonchev–Trinajstić information content (AvgIpc) is 2.48. The van der Waals surface area contributed by atoms with Gasteiger partial charge in [0.25, 0.3) is 0 Å². The summed E-state index contributed by atoms with van der Waals surface area (Å²) in [5.41, 5.74) is -0.317. The number of ether oxygens (including phenoxy) is 1. The second-order valence-corrected chi connectivity index (χ2v) is 6.87. The first-order valence-electron chi connectivity index (χ1n) is 8.32. The molecule has 2 fully saturated rings. The number of hydrogen-bond donors (Lipinski definition) is 1. The Kier molecular flexibility index (Phi) is 5.22. The molecule has 1 N–H and O–H groups in total. The first kappa shape index (κ1) is 15.5. The maximum absolute atomic E-state index is 12.0. The fraction of sp³-hybridized carbons (Fsp3) is 0.882. The van der Waals surface area contributed by atoms with Gasteiger partial charge in [-0.25, -0.2) is 4.79 Å². The zero-order chi connectivity index (χ0) is 14.6. The molecule has 2 aliphatic rings. The molecule has 0 amide bonds. The van der Waals surface area contributed by atoms with Crippen LogP contribution in [0.1, 0.15) is 78.1 Å². The highest BCUT2D eigenvalue weighted by molar-refractivity contribution is 6.34. The molecule has 2 aliphatic carbocycles. The van der Waals surface area contributed by atoms with Crippen molar-refractivity contribution in [3.05, 3.63) is 0 Å². The molecule has 3 heteroatoms. The van der Waals surface area contributed by atoms with Crippen LogP contribution in [0, 0.1) is 17.2 Å². The first-order chi connectivity index (χ1) is 9.54. The van der Waals surface area contributed by atoms with E-state index in [2.05, 4.69) is 6.92 Å². The lowest BCUT2D eigenvalue weighted by Crippen LogP contribution is -2.48. The van der Waals surface area contributed by atoms with Gasteiger partial charge in [-0.3, -0.25) is 5.41 Å². The van der Waals surface area contributed by atoms with Crippen LogP contribution in [0.4, 0.5) is 0 Å². The summed E-state index contributed by atoms with van der Waals surface area (Å²) >= 11 is 0. The lowest BCUT2D eigenvalue weighted by Gasteiger charge is -2.46. The van der Waals surface area contributed by atoms with Crippen molar-refractivity contribution in [3.8, 4) is 0 Å². The molecule has 2 saturated carbocycles. The van der Waals surface area contributed by atoms with Crippen molar-refractivity contribution in [2.24, 2.45) is 11.8 Å². The van der Waals surface area contributed by atoms with Gasteiger partial charge in [-0.2, -0.15) is 0 Å². The van der Waals surface area contributed by atoms with Gasteiger partial charge in [0.1, 0.15) is 11.3 Å². The van der Waals surface area contributed by atoms with Gasteiger partial charge in [-0.1, -0.05) is 38.5 Å². The van der Waals surface area contributed by atoms with Gasteiger partial charge in [0.15, 0.2) is 0 Å². The molecule has 0 aliphatic heterocycles. The van der Waals surface area contributed by atoms with Crippen LogP contribution in [-0.2, 0) is 9.53 Å². The third-order valence-corrected chi connectivity index (χ3v) is 5.45. The van der Waals surface area contributed by atoms with Crippen LogP contribution >= 0.6 is 0 Å². The largest absolute Gasteiger partial charge is 0.454 e. The Balaban J connectivity index is 2.16. The van der Waals surface area contributed by atoms with E-state index in [1.807, 2.05) is 0 Å². The zero-order valence-corrected chi connectivity index (χ0v) is 13.0. The van der Waals surface area contributed by atoms with Crippen LogP contribution in [0.5, 0.6) is 0 Å². The summed E-state index contributed by atoms with van der Waals surface area (Å²) in [6.45, 7) is 3.68. The number of carbonyl (C=O) groups is 1. The quantitative estimate of drug-likeness (QED) is 0.609. The van der Waals surface area contributed by atoms with E-state index in [-0.39, 0.29) is 11.3 Å². The fourth-order valence-electron chi connectivity index (χ4n) is 4.13. The van der Waals surface area contributed by atoms with Crippen molar-refractivity contribution in [2.45, 2.75) is 83.7 Å². The summed E-state index contributed by atoms with van der Waals surface area (Å²) in [6.07, 6.45) is 12.4. The Bertz CT molecular complexity index is 334. The second kappa shape index (κ2) is 6.73. The van der Waals surface area contributed by atoms with Crippen LogP contribution in [0.3, 0.4) is 0 Å². The minimum absolute atomic E-state index is 0.0304. The molecular formula is C17H29NO2. The minimum Gasteiger partial charge on any atom is -0.454 e. The lowest BCUT2D eigenvalue weighted by atomic mass is 9.67. The van der Waals surface area contributed by atoms with Gasteiger partial charge in [0.2, 0.25) is 0 Å². The number of carbonyl (C=O) groups excluding carboxylic acids is 1. The molecule has 0 aromatic carbocycles. The molecule has 0 aromatic rings. The minimum atomic E-state index is -0.413. The van der Waals surface area contributed by atoms with E-state index in [4.69, 9.17) is 10.1 Å². The van der Waals surface area contributed by atoms with Gasteiger partial charge in [-0.15, -0.1) is 0 Å². The van der Waals surface area contributed by atoms with E-state index in [0.29, 0.717) is 11.8 Å². The predicted octanol–water partition coefficient (Wildman–Crippen LogP) is 4.49. The first-order valence-corrected chi connectivity index (χ1v) is 8.32. The molecule has 0 spiro atoms. The summed E-state index contributed by atoms with van der Waals surface area (Å²) in [5.74, 6) is 0.564. The average molecular weight is 279 g/mol. The molecule has 0 saturated heterocycles. The van der Waals surface area contributed by atoms with Crippen molar-refractivity contribution in [3.63, 3.8) is 0 Å². The normalized spacial score (nSPS) is 22.5. The number of nitrogens with one attached hydrogen (secondary N) is 1. The van der Waals surface area contributed by atoms with Gasteiger partial charge >= 0.3 is 5.97 Å². The maximum atomic E-state index is 12.0. The third kappa shape index (κ3) is 3.42. The Hall–Kier alpha value is -0.860. The number of rotatable bonds is 4. The van der Waals surface area contributed by atoms with Crippen molar-refractivity contribution < 1.29 is 9.53 Å². The van der Waals surface area contributed by atoms with Crippen molar-refractivity contribution in [1.29, 1.82) is 5.41 Å². The molecule has 20 heavy (non-hydrogen) atoms. The van der Waals surface area contributed by atoms with E-state index < -0.39 is 5.97 Å². The van der Waals surface area contributed by atoms with E-state index in [1.165, 1.54) is 71.1 Å². The van der Waals surface area contributed by atoms with Crippen LogP contribution in [0.2, 0.25) is 0 Å². The summed E-state index contributed by atoms with van der Waals surface area (Å²) in [5, 5.41) is 7.53. The van der Waals surface area contributed by atoms with Crippen LogP contribution in [0.25, 0.3) is 0 Å². The van der Waals surface area contributed by atoms with Crippen molar-refractivity contribution >= 4 is 11.7 Å². The van der Waals surface area contributed by atoms with Gasteiger partial charge in [0.05, 0.1) is 0 Å². The van der Waals surface area contributed by atoms with Crippen molar-refractivity contribution in [2.75, 3.05) is 0 Å². The van der Waals surface area contributed by atoms with E-state index in [9.17, 15) is 4.79 Å². The smallest absolute Gasteiger partial charge is 0.352 e. The summed E-state index contributed by atoms with van der Waals surface area (Å²) in [7, 11) is 0. The molecule has 2 rings (SSSR count). The molecule has 0 unspecified atom stereocenters. The monoisotopic (exact) mass is 279 g/mol. The summed E-state index contributed by atoms with van der Waals surface area (Å²) in [6, 6.07) is 0. The molecule has 0 radical (unpaired) electrons. The third-order valence-electron chi connectivity index (χ3n) is 5.45. The van der Waals surface area contributed by atoms with Crippen LogP contribution in [0.15, 0.2) is 0 Å². The van der Waals surface area contributed by atoms with Gasteiger partial charge in [-0.05, 0) is 51.4 Å². The Morgan fingerprint density at radius 2 is 1.35 bits per heavy atom. The van der Waals surface area contributed by atoms with Crippen molar-refractivity contribution in [1.82, 2.24) is 0 Å². The number of hydrogen-bond acceptors (Lipinski definition) is 3. The highest BCUT2D eigenvalue weighted by Gasteiger charge is 2.45. The van der Waals surface area contributed by atoms with Crippen LogP contribution < -0.4 is 0 Å². The molecule has 0 aromatic heterocycles. The van der Waals surface area contributed by atoms with Gasteiger partial charge in [0, 0.05) is 0 Å². The topological polar surface area (TPSA) is 50.2 Å². The highest BCUT2D eigenvalue weighted by Crippen LogP contribution is 2.45. The zero-order valence-electron chi connectivity index (χ0n) is 13.0. The van der Waals surface area contributed by atoms with E-state index >= 15 is 0 Å².